The summed E-state index contributed by atoms with van der Waals surface area (Å²) in [5.41, 5.74) is 6.12. The zero-order chi connectivity index (χ0) is 23.7. The minimum Gasteiger partial charge on any atom is -0.319 e. The van der Waals surface area contributed by atoms with Gasteiger partial charge in [0, 0.05) is 19.5 Å². The number of nitrogens with zero attached hydrogens (tertiary/aromatic N) is 1. The first-order chi connectivity index (χ1) is 14.9. The number of hydrogen-bond acceptors (Lipinski definition) is 4. The van der Waals surface area contributed by atoms with E-state index in [2.05, 4.69) is 0 Å². The third-order valence-corrected chi connectivity index (χ3v) is 8.22. The van der Waals surface area contributed by atoms with Crippen molar-refractivity contribution >= 4 is 27.4 Å². The molecule has 5 nitrogen and oxygen atoms in total. The maximum absolute atomic E-state index is 12.9. The van der Waals surface area contributed by atoms with Crippen LogP contribution in [-0.4, -0.2) is 37.1 Å². The Balaban J connectivity index is 1.70. The zero-order valence-electron chi connectivity index (χ0n) is 17.5. The monoisotopic (exact) mass is 488 g/mol. The Bertz CT molecular complexity index is 1090. The van der Waals surface area contributed by atoms with Crippen molar-refractivity contribution in [2.75, 3.05) is 13.1 Å². The predicted molar refractivity (Wildman–Crippen MR) is 116 cm³/mol. The normalized spacial score (nSPS) is 17.3. The van der Waals surface area contributed by atoms with Crippen LogP contribution in [0.4, 0.5) is 13.2 Å². The largest absolute Gasteiger partial charge is 0.416 e. The van der Waals surface area contributed by atoms with E-state index in [0.717, 1.165) is 27.9 Å². The van der Waals surface area contributed by atoms with Crippen LogP contribution < -0.4 is 5.73 Å². The van der Waals surface area contributed by atoms with E-state index in [-0.39, 0.29) is 38.1 Å². The van der Waals surface area contributed by atoms with Crippen LogP contribution in [0.3, 0.4) is 0 Å². The molecule has 1 aliphatic heterocycles. The fourth-order valence-corrected chi connectivity index (χ4v) is 5.64. The number of hydrogen-bond donors (Lipinski definition) is 1. The molecule has 0 saturated carbocycles. The average molecular weight is 489 g/mol. The van der Waals surface area contributed by atoms with Crippen molar-refractivity contribution in [1.29, 1.82) is 0 Å². The van der Waals surface area contributed by atoms with E-state index in [4.69, 9.17) is 17.3 Å². The summed E-state index contributed by atoms with van der Waals surface area (Å²) in [5.74, 6) is -0.175. The minimum absolute atomic E-state index is 0.0311. The Hall–Kier alpha value is -1.94. The van der Waals surface area contributed by atoms with E-state index in [1.807, 2.05) is 31.2 Å². The summed E-state index contributed by atoms with van der Waals surface area (Å²) in [6.07, 6.45) is -3.37. The molecule has 0 bridgehead atoms. The molecule has 3 rings (SSSR count). The average Bonchev–Trinajstić information content (AvgIpc) is 2.73. The number of aryl methyl sites for hydroxylation is 1. The molecule has 0 atom stereocenters. The molecule has 32 heavy (non-hydrogen) atoms. The van der Waals surface area contributed by atoms with Crippen LogP contribution >= 0.6 is 11.6 Å². The van der Waals surface area contributed by atoms with Crippen molar-refractivity contribution in [2.24, 2.45) is 5.73 Å². The molecule has 2 aromatic rings. The fourth-order valence-electron chi connectivity index (χ4n) is 3.68. The van der Waals surface area contributed by atoms with Crippen LogP contribution in [-0.2, 0) is 33.8 Å². The van der Waals surface area contributed by atoms with Crippen LogP contribution in [0.25, 0.3) is 0 Å². The van der Waals surface area contributed by atoms with Gasteiger partial charge in [-0.2, -0.15) is 17.5 Å². The number of rotatable bonds is 6. The topological polar surface area (TPSA) is 80.5 Å². The van der Waals surface area contributed by atoms with E-state index in [9.17, 15) is 26.4 Å². The van der Waals surface area contributed by atoms with Gasteiger partial charge < -0.3 is 5.73 Å². The van der Waals surface area contributed by atoms with Crippen molar-refractivity contribution in [1.82, 2.24) is 4.31 Å². The van der Waals surface area contributed by atoms with Gasteiger partial charge >= 0.3 is 6.18 Å². The second-order valence-electron chi connectivity index (χ2n) is 7.97. The number of nitrogens with two attached hydrogens (primary N) is 1. The Morgan fingerprint density at radius 2 is 1.66 bits per heavy atom. The summed E-state index contributed by atoms with van der Waals surface area (Å²) in [6, 6.07) is 9.81. The van der Waals surface area contributed by atoms with Crippen LogP contribution in [0.5, 0.6) is 0 Å². The van der Waals surface area contributed by atoms with E-state index < -0.39 is 37.2 Å². The Kier molecular flexibility index (Phi) is 7.05. The van der Waals surface area contributed by atoms with Crippen molar-refractivity contribution in [2.45, 2.75) is 49.2 Å². The smallest absolute Gasteiger partial charge is 0.319 e. The number of benzene rings is 2. The van der Waals surface area contributed by atoms with E-state index in [1.165, 1.54) is 0 Å². The molecule has 0 aromatic heterocycles. The molecule has 1 saturated heterocycles. The molecule has 0 radical (unpaired) electrons. The third-order valence-electron chi connectivity index (χ3n) is 5.84. The quantitative estimate of drug-likeness (QED) is 0.660. The molecule has 1 fully saturated rings. The second-order valence-corrected chi connectivity index (χ2v) is 10.3. The van der Waals surface area contributed by atoms with Crippen LogP contribution in [0, 0.1) is 0 Å². The Labute approximate surface area is 190 Å². The predicted octanol–water partition coefficient (Wildman–Crippen LogP) is 4.22. The molecular weight excluding hydrogens is 465 g/mol. The lowest BCUT2D eigenvalue weighted by Gasteiger charge is -2.37. The third kappa shape index (κ3) is 5.17. The van der Waals surface area contributed by atoms with Crippen LogP contribution in [0.15, 0.2) is 47.4 Å². The number of carbonyl (C=O) groups excluding carboxylic acids is 1. The summed E-state index contributed by atoms with van der Waals surface area (Å²) >= 11 is 5.87. The lowest BCUT2D eigenvalue weighted by atomic mass is 9.82. The molecule has 0 amide bonds. The Morgan fingerprint density at radius 3 is 2.16 bits per heavy atom. The van der Waals surface area contributed by atoms with Crippen molar-refractivity contribution in [3.05, 3.63) is 64.2 Å². The van der Waals surface area contributed by atoms with Gasteiger partial charge in [0.15, 0.2) is 5.78 Å². The summed E-state index contributed by atoms with van der Waals surface area (Å²) in [5, 5.41) is -0.504. The first kappa shape index (κ1) is 24.7. The molecule has 1 heterocycles. The number of piperidine rings is 1. The van der Waals surface area contributed by atoms with Gasteiger partial charge in [0.25, 0.3) is 0 Å². The van der Waals surface area contributed by atoms with E-state index in [1.54, 1.807) is 0 Å². The molecule has 0 unspecified atom stereocenters. The lowest BCUT2D eigenvalue weighted by molar-refractivity contribution is -0.137. The SMILES string of the molecule is CCc1ccc(CC(=O)C2(N)CCN(S(=O)(=O)c3ccc(C(F)(F)F)cc3Cl)CC2)cc1. The molecule has 0 spiro atoms. The highest BCUT2D eigenvalue weighted by atomic mass is 35.5. The molecule has 174 valence electrons. The van der Waals surface area contributed by atoms with Gasteiger partial charge in [0.05, 0.1) is 16.1 Å². The van der Waals surface area contributed by atoms with Gasteiger partial charge in [-0.3, -0.25) is 4.79 Å². The van der Waals surface area contributed by atoms with Crippen LogP contribution in [0.1, 0.15) is 36.5 Å². The molecule has 10 heteroatoms. The van der Waals surface area contributed by atoms with Gasteiger partial charge in [-0.1, -0.05) is 42.8 Å². The lowest BCUT2D eigenvalue weighted by Crippen LogP contribution is -2.57. The first-order valence-electron chi connectivity index (χ1n) is 10.1. The maximum Gasteiger partial charge on any atom is 0.416 e. The summed E-state index contributed by atoms with van der Waals surface area (Å²) in [7, 11) is -4.13. The first-order valence-corrected chi connectivity index (χ1v) is 12.0. The summed E-state index contributed by atoms with van der Waals surface area (Å²) in [4.78, 5) is 12.4. The van der Waals surface area contributed by atoms with E-state index >= 15 is 0 Å². The molecular formula is C22H24ClF3N2O3S. The molecule has 1 aliphatic rings. The second kappa shape index (κ2) is 9.13. The number of alkyl halides is 3. The summed E-state index contributed by atoms with van der Waals surface area (Å²) < 4.78 is 65.5. The fraction of sp³-hybridized carbons (Fsp3) is 0.409. The zero-order valence-corrected chi connectivity index (χ0v) is 19.0. The molecule has 0 aliphatic carbocycles. The highest BCUT2D eigenvalue weighted by molar-refractivity contribution is 7.89. The van der Waals surface area contributed by atoms with Gasteiger partial charge in [-0.25, -0.2) is 8.42 Å². The van der Waals surface area contributed by atoms with Gasteiger partial charge in [-0.05, 0) is 48.6 Å². The van der Waals surface area contributed by atoms with Crippen molar-refractivity contribution < 1.29 is 26.4 Å². The highest BCUT2D eigenvalue weighted by Gasteiger charge is 2.41. The number of ketones is 1. The Morgan fingerprint density at radius 1 is 1.09 bits per heavy atom. The number of carbonyl (C=O) groups is 1. The van der Waals surface area contributed by atoms with Gasteiger partial charge in [0.2, 0.25) is 10.0 Å². The highest BCUT2D eigenvalue weighted by Crippen LogP contribution is 2.35. The summed E-state index contributed by atoms with van der Waals surface area (Å²) in [6.45, 7) is 1.97. The van der Waals surface area contributed by atoms with Crippen molar-refractivity contribution in [3.63, 3.8) is 0 Å². The van der Waals surface area contributed by atoms with Crippen LogP contribution in [0.2, 0.25) is 5.02 Å². The molecule has 2 aromatic carbocycles. The van der Waals surface area contributed by atoms with Gasteiger partial charge in [0.1, 0.15) is 4.90 Å². The number of Topliss-reactive ketones (excluding diaryl/α,β-unsaturated/α-hetero) is 1. The van der Waals surface area contributed by atoms with Gasteiger partial charge in [-0.15, -0.1) is 0 Å². The van der Waals surface area contributed by atoms with Crippen molar-refractivity contribution in [3.8, 4) is 0 Å². The minimum atomic E-state index is -4.63. The number of sulfonamides is 1. The number of halogens is 4. The van der Waals surface area contributed by atoms with E-state index in [0.29, 0.717) is 12.1 Å². The molecule has 2 N–H and O–H groups in total. The standard InChI is InChI=1S/C22H24ClF3N2O3S/c1-2-15-3-5-16(6-4-15)13-20(29)21(27)9-11-28(12-10-21)32(30,31)19-8-7-17(14-18(19)23)22(24,25)26/h3-8,14H,2,9-13,27H2,1H3. The maximum atomic E-state index is 12.9.